The number of methoxy groups -OCH3 is 1. The molecule has 0 aliphatic carbocycles. The van der Waals surface area contributed by atoms with Gasteiger partial charge in [0, 0.05) is 10.6 Å². The van der Waals surface area contributed by atoms with Gasteiger partial charge in [-0.1, -0.05) is 0 Å². The first kappa shape index (κ1) is 11.2. The second-order valence-electron chi connectivity index (χ2n) is 2.48. The summed E-state index contributed by atoms with van der Waals surface area (Å²) in [5, 5.41) is 0. The summed E-state index contributed by atoms with van der Waals surface area (Å²) >= 11 is 0. The Balaban J connectivity index is 2.86. The van der Waals surface area contributed by atoms with E-state index in [4.69, 9.17) is 10.3 Å². The Morgan fingerprint density at radius 2 is 2.00 bits per heavy atom. The number of hydrogen-bond acceptors (Lipinski definition) is 3. The van der Waals surface area contributed by atoms with Crippen molar-refractivity contribution in [3.8, 4) is 5.75 Å². The second-order valence-corrected chi connectivity index (χ2v) is 3.79. The van der Waals surface area contributed by atoms with Crippen LogP contribution in [-0.4, -0.2) is 15.5 Å². The third-order valence-electron chi connectivity index (χ3n) is 1.48. The predicted molar refractivity (Wildman–Crippen MR) is 54.7 cm³/mol. The molecule has 1 rings (SSSR count). The minimum atomic E-state index is -3.99. The molecule has 0 aromatic heterocycles. The van der Waals surface area contributed by atoms with Crippen LogP contribution in [0, 0.1) is 0 Å². The molecular formula is C7H8N4O3S. The van der Waals surface area contributed by atoms with Crippen molar-refractivity contribution in [3.05, 3.63) is 34.7 Å². The third kappa shape index (κ3) is 3.37. The van der Waals surface area contributed by atoms with Gasteiger partial charge in [-0.25, -0.2) is 0 Å². The minimum Gasteiger partial charge on any atom is -0.497 e. The average molecular weight is 228 g/mol. The van der Waals surface area contributed by atoms with E-state index in [1.54, 1.807) is 12.1 Å². The predicted octanol–water partition coefficient (Wildman–Crippen LogP) is 1.66. The van der Waals surface area contributed by atoms with Crippen LogP contribution in [0.4, 0.5) is 5.69 Å². The maximum absolute atomic E-state index is 11.0. The highest BCUT2D eigenvalue weighted by molar-refractivity contribution is 7.91. The molecule has 0 saturated heterocycles. The minimum absolute atomic E-state index is 0.295. The maximum Gasteiger partial charge on any atom is 0.322 e. The van der Waals surface area contributed by atoms with Gasteiger partial charge in [-0.05, 0) is 29.8 Å². The number of anilines is 1. The van der Waals surface area contributed by atoms with E-state index >= 15 is 0 Å². The van der Waals surface area contributed by atoms with E-state index in [0.29, 0.717) is 11.4 Å². The van der Waals surface area contributed by atoms with Gasteiger partial charge < -0.3 is 4.74 Å². The van der Waals surface area contributed by atoms with Gasteiger partial charge in [-0.2, -0.15) is 8.42 Å². The number of rotatable bonds is 4. The number of nitrogens with one attached hydrogen (secondary N) is 1. The van der Waals surface area contributed by atoms with Crippen molar-refractivity contribution >= 4 is 15.9 Å². The molecule has 1 aromatic carbocycles. The number of nitrogens with zero attached hydrogens (tertiary/aromatic N) is 3. The molecular weight excluding hydrogens is 220 g/mol. The van der Waals surface area contributed by atoms with Crippen molar-refractivity contribution in [2.45, 2.75) is 0 Å². The van der Waals surface area contributed by atoms with E-state index in [-0.39, 0.29) is 0 Å². The lowest BCUT2D eigenvalue weighted by Gasteiger charge is -2.03. The fraction of sp³-hybridized carbons (Fsp3) is 0.143. The lowest BCUT2D eigenvalue weighted by molar-refractivity contribution is 0.415. The number of ether oxygens (including phenoxy) is 1. The van der Waals surface area contributed by atoms with Gasteiger partial charge in [0.2, 0.25) is 0 Å². The standard InChI is InChI=1S/C7H8N4O3S/c1-14-7-4-2-6(3-5-7)9-15(12,13)11-10-8/h2-5,9H,1H3. The van der Waals surface area contributed by atoms with E-state index < -0.39 is 10.2 Å². The summed E-state index contributed by atoms with van der Waals surface area (Å²) in [6.45, 7) is 0. The fourth-order valence-corrected chi connectivity index (χ4v) is 1.45. The Morgan fingerprint density at radius 3 is 2.47 bits per heavy atom. The Morgan fingerprint density at radius 1 is 1.40 bits per heavy atom. The molecule has 0 unspecified atom stereocenters. The Bertz CT molecular complexity index is 475. The highest BCUT2D eigenvalue weighted by Gasteiger charge is 2.06. The van der Waals surface area contributed by atoms with Crippen LogP contribution in [0.5, 0.6) is 5.75 Å². The highest BCUT2D eigenvalue weighted by Crippen LogP contribution is 2.16. The van der Waals surface area contributed by atoms with E-state index in [1.807, 2.05) is 0 Å². The lowest BCUT2D eigenvalue weighted by Crippen LogP contribution is -2.07. The summed E-state index contributed by atoms with van der Waals surface area (Å²) in [5.41, 5.74) is 8.28. The van der Waals surface area contributed by atoms with Crippen LogP contribution < -0.4 is 9.46 Å². The van der Waals surface area contributed by atoms with Gasteiger partial charge in [0.25, 0.3) is 0 Å². The van der Waals surface area contributed by atoms with Gasteiger partial charge in [0.15, 0.2) is 0 Å². The van der Waals surface area contributed by atoms with Gasteiger partial charge in [0.05, 0.1) is 11.6 Å². The molecule has 8 heteroatoms. The van der Waals surface area contributed by atoms with Crippen molar-refractivity contribution in [3.63, 3.8) is 0 Å². The summed E-state index contributed by atoms with van der Waals surface area (Å²) < 4.78 is 31.5. The van der Waals surface area contributed by atoms with Gasteiger partial charge in [-0.3, -0.25) is 4.72 Å². The summed E-state index contributed by atoms with van der Waals surface area (Å²) in [7, 11) is -2.49. The number of azide groups is 1. The van der Waals surface area contributed by atoms with E-state index in [0.717, 1.165) is 0 Å². The Hall–Kier alpha value is -1.92. The molecule has 0 heterocycles. The van der Waals surface area contributed by atoms with Crippen LogP contribution in [0.3, 0.4) is 0 Å². The van der Waals surface area contributed by atoms with E-state index in [9.17, 15) is 8.42 Å². The summed E-state index contributed by atoms with van der Waals surface area (Å²) in [4.78, 5) is 2.19. The molecule has 0 spiro atoms. The third-order valence-corrected chi connectivity index (χ3v) is 2.26. The van der Waals surface area contributed by atoms with Crippen LogP contribution >= 0.6 is 0 Å². The van der Waals surface area contributed by atoms with Crippen molar-refractivity contribution in [2.24, 2.45) is 4.52 Å². The molecule has 0 saturated carbocycles. The molecule has 0 amide bonds. The molecule has 0 fully saturated rings. The van der Waals surface area contributed by atoms with Crippen LogP contribution in [0.25, 0.3) is 10.4 Å². The number of hydrogen-bond donors (Lipinski definition) is 1. The quantitative estimate of drug-likeness (QED) is 0.481. The average Bonchev–Trinajstić information content (AvgIpc) is 2.18. The van der Waals surface area contributed by atoms with Crippen molar-refractivity contribution in [1.82, 2.24) is 0 Å². The second kappa shape index (κ2) is 4.54. The zero-order chi connectivity index (χ0) is 11.3. The highest BCUT2D eigenvalue weighted by atomic mass is 32.2. The van der Waals surface area contributed by atoms with E-state index in [2.05, 4.69) is 14.2 Å². The summed E-state index contributed by atoms with van der Waals surface area (Å²) in [5.74, 6) is 0.599. The lowest BCUT2D eigenvalue weighted by atomic mass is 10.3. The first-order chi connectivity index (χ1) is 7.07. The molecule has 7 nitrogen and oxygen atoms in total. The molecule has 0 radical (unpaired) electrons. The molecule has 1 N–H and O–H groups in total. The topological polar surface area (TPSA) is 104 Å². The maximum atomic E-state index is 11.0. The fourth-order valence-electron chi connectivity index (χ4n) is 0.876. The summed E-state index contributed by atoms with van der Waals surface area (Å²) in [6.07, 6.45) is 0. The van der Waals surface area contributed by atoms with Crippen molar-refractivity contribution in [1.29, 1.82) is 0 Å². The van der Waals surface area contributed by atoms with Crippen LogP contribution in [-0.2, 0) is 10.2 Å². The van der Waals surface area contributed by atoms with Crippen LogP contribution in [0.15, 0.2) is 28.8 Å². The first-order valence-corrected chi connectivity index (χ1v) is 5.24. The van der Waals surface area contributed by atoms with Crippen molar-refractivity contribution in [2.75, 3.05) is 11.8 Å². The first-order valence-electron chi connectivity index (χ1n) is 3.80. The molecule has 0 aliphatic rings. The molecule has 0 aliphatic heterocycles. The van der Waals surface area contributed by atoms with Gasteiger partial charge in [0.1, 0.15) is 5.75 Å². The molecule has 1 aromatic rings. The van der Waals surface area contributed by atoms with E-state index in [1.165, 1.54) is 19.2 Å². The summed E-state index contributed by atoms with van der Waals surface area (Å²) in [6, 6.07) is 6.13. The van der Waals surface area contributed by atoms with Crippen LogP contribution in [0.2, 0.25) is 0 Å². The smallest absolute Gasteiger partial charge is 0.322 e. The SMILES string of the molecule is COc1ccc(NS(=O)(=O)N=[N+]=[N-])cc1. The largest absolute Gasteiger partial charge is 0.497 e. The molecule has 0 atom stereocenters. The number of benzene rings is 1. The Labute approximate surface area is 86.5 Å². The zero-order valence-corrected chi connectivity index (χ0v) is 8.60. The molecule has 0 bridgehead atoms. The van der Waals surface area contributed by atoms with Gasteiger partial charge >= 0.3 is 10.2 Å². The van der Waals surface area contributed by atoms with Gasteiger partial charge in [-0.15, -0.1) is 0 Å². The van der Waals surface area contributed by atoms with Crippen LogP contribution in [0.1, 0.15) is 0 Å². The van der Waals surface area contributed by atoms with Crippen molar-refractivity contribution < 1.29 is 13.2 Å². The normalized spacial score (nSPS) is 10.2. The molecule has 80 valence electrons. The molecule has 15 heavy (non-hydrogen) atoms. The Kier molecular flexibility index (Phi) is 3.37. The monoisotopic (exact) mass is 228 g/mol. The zero-order valence-electron chi connectivity index (χ0n) is 7.78.